The van der Waals surface area contributed by atoms with Crippen molar-refractivity contribution in [3.05, 3.63) is 44.8 Å². The first-order chi connectivity index (χ1) is 11.0. The zero-order valence-corrected chi connectivity index (χ0v) is 13.5. The van der Waals surface area contributed by atoms with Crippen LogP contribution >= 0.6 is 11.6 Å². The number of hydrogen-bond acceptors (Lipinski definition) is 3. The van der Waals surface area contributed by atoms with Gasteiger partial charge in [-0.3, -0.25) is 4.57 Å². The number of hydrogen-bond donors (Lipinski definition) is 0. The van der Waals surface area contributed by atoms with Crippen LogP contribution < -0.4 is 10.4 Å². The molecule has 1 unspecified atom stereocenters. The first kappa shape index (κ1) is 15.6. The minimum atomic E-state index is -0.676. The molecule has 5 nitrogen and oxygen atoms in total. The number of nitrogens with zero attached hydrogens (tertiary/aromatic N) is 3. The van der Waals surface area contributed by atoms with Gasteiger partial charge in [0.2, 0.25) is 0 Å². The summed E-state index contributed by atoms with van der Waals surface area (Å²) in [6.45, 7) is 2.50. The predicted molar refractivity (Wildman–Crippen MR) is 83.9 cm³/mol. The molecule has 1 aliphatic rings. The number of benzene rings is 1. The highest BCUT2D eigenvalue weighted by molar-refractivity contribution is 6.32. The molecule has 1 aromatic carbocycles. The summed E-state index contributed by atoms with van der Waals surface area (Å²) in [5, 5.41) is 9.64. The zero-order chi connectivity index (χ0) is 16.7. The smallest absolute Gasteiger partial charge is 0.334 e. The van der Waals surface area contributed by atoms with E-state index in [9.17, 15) is 14.4 Å². The van der Waals surface area contributed by atoms with Gasteiger partial charge in [0, 0.05) is 12.6 Å². The quantitative estimate of drug-likeness (QED) is 0.846. The average molecular weight is 336 g/mol. The second-order valence-electron chi connectivity index (χ2n) is 5.60. The fourth-order valence-electron chi connectivity index (χ4n) is 3.15. The van der Waals surface area contributed by atoms with Crippen molar-refractivity contribution in [3.8, 4) is 17.5 Å². The topological polar surface area (TPSA) is 60.0 Å². The number of nitriles is 1. The second kappa shape index (κ2) is 5.74. The van der Waals surface area contributed by atoms with E-state index in [1.165, 1.54) is 13.2 Å². The summed E-state index contributed by atoms with van der Waals surface area (Å²) in [5.74, 6) is -0.356. The minimum Gasteiger partial charge on any atom is -0.495 e. The van der Waals surface area contributed by atoms with Gasteiger partial charge in [0.25, 0.3) is 0 Å². The fourth-order valence-corrected chi connectivity index (χ4v) is 3.37. The van der Waals surface area contributed by atoms with Gasteiger partial charge in [0.05, 0.1) is 23.5 Å². The predicted octanol–water partition coefficient (Wildman–Crippen LogP) is 3.21. The molecule has 0 spiro atoms. The Bertz CT molecular complexity index is 879. The Morgan fingerprint density at radius 3 is 2.87 bits per heavy atom. The normalized spacial score (nSPS) is 16.7. The van der Waals surface area contributed by atoms with Crippen LogP contribution in [0.15, 0.2) is 16.9 Å². The first-order valence-corrected chi connectivity index (χ1v) is 7.66. The van der Waals surface area contributed by atoms with Gasteiger partial charge in [-0.1, -0.05) is 18.5 Å². The SMILES string of the molecule is COc1cc(-n2c(C#N)c3n(c2=O)CCCC3C)c(F)cc1Cl. The highest BCUT2D eigenvalue weighted by Gasteiger charge is 2.29. The van der Waals surface area contributed by atoms with E-state index < -0.39 is 11.5 Å². The molecular formula is C16H15ClFN3O2. The van der Waals surface area contributed by atoms with Crippen molar-refractivity contribution in [2.45, 2.75) is 32.2 Å². The van der Waals surface area contributed by atoms with Gasteiger partial charge in [0.1, 0.15) is 23.3 Å². The van der Waals surface area contributed by atoms with Crippen molar-refractivity contribution in [3.63, 3.8) is 0 Å². The van der Waals surface area contributed by atoms with Crippen LogP contribution in [-0.4, -0.2) is 16.2 Å². The van der Waals surface area contributed by atoms with Gasteiger partial charge in [0.15, 0.2) is 0 Å². The third kappa shape index (κ3) is 2.32. The maximum Gasteiger partial charge on any atom is 0.334 e. The van der Waals surface area contributed by atoms with E-state index in [2.05, 4.69) is 6.07 Å². The molecule has 7 heteroatoms. The number of halogens is 2. The molecule has 1 aromatic heterocycles. The Balaban J connectivity index is 2.35. The highest BCUT2D eigenvalue weighted by Crippen LogP contribution is 2.33. The zero-order valence-electron chi connectivity index (χ0n) is 12.8. The Labute approximate surface area is 137 Å². The molecule has 0 saturated carbocycles. The number of rotatable bonds is 2. The fraction of sp³-hybridized carbons (Fsp3) is 0.375. The molecule has 0 amide bonds. The van der Waals surface area contributed by atoms with Crippen LogP contribution in [0.25, 0.3) is 5.69 Å². The third-order valence-electron chi connectivity index (χ3n) is 4.23. The Morgan fingerprint density at radius 1 is 1.48 bits per heavy atom. The van der Waals surface area contributed by atoms with Gasteiger partial charge in [-0.25, -0.2) is 13.8 Å². The summed E-state index contributed by atoms with van der Waals surface area (Å²) in [6, 6.07) is 4.48. The molecule has 0 radical (unpaired) electrons. The lowest BCUT2D eigenvalue weighted by atomic mass is 9.96. The van der Waals surface area contributed by atoms with Gasteiger partial charge >= 0.3 is 5.69 Å². The lowest BCUT2D eigenvalue weighted by Gasteiger charge is -2.19. The molecule has 0 saturated heterocycles. The molecular weight excluding hydrogens is 321 g/mol. The minimum absolute atomic E-state index is 0.0260. The molecule has 2 heterocycles. The van der Waals surface area contributed by atoms with Crippen molar-refractivity contribution in [1.82, 2.24) is 9.13 Å². The van der Waals surface area contributed by atoms with Gasteiger partial charge in [-0.15, -0.1) is 0 Å². The van der Waals surface area contributed by atoms with E-state index in [1.54, 1.807) is 4.57 Å². The molecule has 3 rings (SSSR count). The number of methoxy groups -OCH3 is 1. The van der Waals surface area contributed by atoms with Gasteiger partial charge in [-0.05, 0) is 24.8 Å². The Hall–Kier alpha value is -2.26. The number of aromatic nitrogens is 2. The molecule has 0 fully saturated rings. The second-order valence-corrected chi connectivity index (χ2v) is 6.00. The van der Waals surface area contributed by atoms with Crippen LogP contribution in [-0.2, 0) is 6.54 Å². The van der Waals surface area contributed by atoms with Crippen LogP contribution in [0.4, 0.5) is 4.39 Å². The molecule has 0 N–H and O–H groups in total. The van der Waals surface area contributed by atoms with Crippen LogP contribution in [0.1, 0.15) is 37.1 Å². The van der Waals surface area contributed by atoms with Crippen molar-refractivity contribution in [2.75, 3.05) is 7.11 Å². The first-order valence-electron chi connectivity index (χ1n) is 7.28. The van der Waals surface area contributed by atoms with E-state index in [1.807, 2.05) is 6.92 Å². The molecule has 1 aliphatic heterocycles. The summed E-state index contributed by atoms with van der Waals surface area (Å²) in [7, 11) is 1.41. The summed E-state index contributed by atoms with van der Waals surface area (Å²) in [4.78, 5) is 12.7. The summed E-state index contributed by atoms with van der Waals surface area (Å²) < 4.78 is 22.2. The number of fused-ring (bicyclic) bond motifs is 1. The summed E-state index contributed by atoms with van der Waals surface area (Å²) >= 11 is 5.90. The molecule has 23 heavy (non-hydrogen) atoms. The van der Waals surface area contributed by atoms with Crippen LogP contribution in [0.5, 0.6) is 5.75 Å². The van der Waals surface area contributed by atoms with E-state index >= 15 is 0 Å². The Morgan fingerprint density at radius 2 is 2.22 bits per heavy atom. The van der Waals surface area contributed by atoms with Crippen LogP contribution in [0.3, 0.4) is 0 Å². The van der Waals surface area contributed by atoms with Crippen LogP contribution in [0, 0.1) is 17.1 Å². The Kier molecular flexibility index (Phi) is 3.90. The maximum atomic E-state index is 14.4. The van der Waals surface area contributed by atoms with E-state index in [4.69, 9.17) is 16.3 Å². The van der Waals surface area contributed by atoms with Crippen LogP contribution in [0.2, 0.25) is 5.02 Å². The highest BCUT2D eigenvalue weighted by atomic mass is 35.5. The van der Waals surface area contributed by atoms with Crippen molar-refractivity contribution in [1.29, 1.82) is 5.26 Å². The molecule has 0 bridgehead atoms. The molecule has 1 atom stereocenters. The molecule has 0 aliphatic carbocycles. The monoisotopic (exact) mass is 335 g/mol. The molecule has 2 aromatic rings. The van der Waals surface area contributed by atoms with Crippen molar-refractivity contribution < 1.29 is 9.13 Å². The van der Waals surface area contributed by atoms with Crippen molar-refractivity contribution >= 4 is 11.6 Å². The van der Waals surface area contributed by atoms with Crippen molar-refractivity contribution in [2.24, 2.45) is 0 Å². The summed E-state index contributed by atoms with van der Waals surface area (Å²) in [5.41, 5.74) is 0.399. The van der Waals surface area contributed by atoms with Gasteiger partial charge in [-0.2, -0.15) is 5.26 Å². The average Bonchev–Trinajstić information content (AvgIpc) is 2.81. The van der Waals surface area contributed by atoms with E-state index in [0.717, 1.165) is 23.5 Å². The van der Waals surface area contributed by atoms with Gasteiger partial charge < -0.3 is 4.74 Å². The van der Waals surface area contributed by atoms with E-state index in [-0.39, 0.29) is 28.1 Å². The largest absolute Gasteiger partial charge is 0.495 e. The molecule has 120 valence electrons. The standard InChI is InChI=1S/C16H15ClFN3O2/c1-9-4-3-5-20-15(9)13(8-19)21(16(20)22)12-7-14(23-2)10(17)6-11(12)18/h6-7,9H,3-5H2,1-2H3. The third-order valence-corrected chi connectivity index (χ3v) is 4.53. The lowest BCUT2D eigenvalue weighted by molar-refractivity contribution is 0.413. The number of imidazole rings is 1. The summed E-state index contributed by atoms with van der Waals surface area (Å²) in [6.07, 6.45) is 1.75. The number of ether oxygens (including phenoxy) is 1. The lowest BCUT2D eigenvalue weighted by Crippen LogP contribution is -2.27. The van der Waals surface area contributed by atoms with E-state index in [0.29, 0.717) is 12.2 Å². The maximum absolute atomic E-state index is 14.4.